The van der Waals surface area contributed by atoms with Gasteiger partial charge in [-0.3, -0.25) is 0 Å². The Morgan fingerprint density at radius 1 is 0.886 bits per heavy atom. The fourth-order valence-electron chi connectivity index (χ4n) is 6.88. The normalized spacial score (nSPS) is 32.5. The quantitative estimate of drug-likeness (QED) is 0.331. The molecule has 1 aromatic rings. The first-order valence-electron chi connectivity index (χ1n) is 14.0. The Morgan fingerprint density at radius 2 is 1.49 bits per heavy atom. The van der Waals surface area contributed by atoms with Crippen LogP contribution in [0.1, 0.15) is 102 Å². The summed E-state index contributed by atoms with van der Waals surface area (Å²) in [6.07, 6.45) is 15.7. The van der Waals surface area contributed by atoms with Gasteiger partial charge in [-0.1, -0.05) is 31.6 Å². The minimum atomic E-state index is -3.44. The molecule has 0 saturated heterocycles. The molecule has 3 aliphatic rings. The van der Waals surface area contributed by atoms with E-state index in [9.17, 15) is 13.2 Å². The first-order chi connectivity index (χ1) is 16.9. The zero-order valence-electron chi connectivity index (χ0n) is 21.4. The lowest BCUT2D eigenvalue weighted by Gasteiger charge is -2.36. The van der Waals surface area contributed by atoms with Gasteiger partial charge >= 0.3 is 6.11 Å². The van der Waals surface area contributed by atoms with Gasteiger partial charge in [0.05, 0.1) is 0 Å². The molecule has 0 N–H and O–H groups in total. The molecule has 0 amide bonds. The van der Waals surface area contributed by atoms with Crippen LogP contribution in [-0.2, 0) is 0 Å². The van der Waals surface area contributed by atoms with E-state index >= 15 is 0 Å². The highest BCUT2D eigenvalue weighted by atomic mass is 19.3. The van der Waals surface area contributed by atoms with Crippen LogP contribution in [0.5, 0.6) is 5.75 Å². The van der Waals surface area contributed by atoms with E-state index in [0.29, 0.717) is 11.5 Å². The number of hydrogen-bond donors (Lipinski definition) is 0. The highest BCUT2D eigenvalue weighted by molar-refractivity contribution is 5.32. The number of allylic oxidation sites excluding steroid dienone is 2. The Hall–Kier alpha value is -1.71. The molecule has 0 unspecified atom stereocenters. The number of hydrogen-bond acceptors (Lipinski definition) is 1. The maximum atomic E-state index is 14.7. The molecule has 3 fully saturated rings. The van der Waals surface area contributed by atoms with Crippen molar-refractivity contribution in [1.82, 2.24) is 0 Å². The minimum Gasteiger partial charge on any atom is -0.429 e. The van der Waals surface area contributed by atoms with Crippen molar-refractivity contribution in [1.29, 1.82) is 0 Å². The van der Waals surface area contributed by atoms with Crippen LogP contribution in [0.3, 0.4) is 0 Å². The van der Waals surface area contributed by atoms with Gasteiger partial charge in [0, 0.05) is 12.1 Å². The van der Waals surface area contributed by atoms with Crippen LogP contribution in [0.25, 0.3) is 0 Å². The largest absolute Gasteiger partial charge is 0.429 e. The summed E-state index contributed by atoms with van der Waals surface area (Å²) in [7, 11) is 0. The molecule has 0 aromatic heterocycles. The predicted octanol–water partition coefficient (Wildman–Crippen LogP) is 9.84. The maximum absolute atomic E-state index is 14.7. The van der Waals surface area contributed by atoms with Crippen molar-refractivity contribution >= 4 is 0 Å². The SMILES string of the molecule is C=CC1CCC(C2CCC(C=CC(F)(F)Oc3ccc(C4CCC(CC)CC4)c(F)c3)CC2)CC1. The molecule has 35 heavy (non-hydrogen) atoms. The Morgan fingerprint density at radius 3 is 2.03 bits per heavy atom. The summed E-state index contributed by atoms with van der Waals surface area (Å²) in [5.74, 6) is 2.75. The zero-order valence-corrected chi connectivity index (χ0v) is 21.4. The van der Waals surface area contributed by atoms with E-state index in [4.69, 9.17) is 4.74 Å². The Balaban J connectivity index is 1.25. The van der Waals surface area contributed by atoms with Gasteiger partial charge in [-0.25, -0.2) is 4.39 Å². The fraction of sp³-hybridized carbons (Fsp3) is 0.677. The van der Waals surface area contributed by atoms with Gasteiger partial charge in [0.2, 0.25) is 0 Å². The summed E-state index contributed by atoms with van der Waals surface area (Å²) in [5.41, 5.74) is 0.639. The van der Waals surface area contributed by atoms with E-state index in [1.165, 1.54) is 38.2 Å². The summed E-state index contributed by atoms with van der Waals surface area (Å²) in [5, 5.41) is 0. The molecule has 4 heteroatoms. The van der Waals surface area contributed by atoms with Gasteiger partial charge in [-0.15, -0.1) is 6.58 Å². The summed E-state index contributed by atoms with van der Waals surface area (Å²) < 4.78 is 48.7. The average molecular weight is 489 g/mol. The molecular weight excluding hydrogens is 445 g/mol. The van der Waals surface area contributed by atoms with Crippen LogP contribution < -0.4 is 4.74 Å². The molecule has 3 aliphatic carbocycles. The Labute approximate surface area is 210 Å². The molecule has 194 valence electrons. The van der Waals surface area contributed by atoms with Crippen molar-refractivity contribution in [3.05, 3.63) is 54.4 Å². The van der Waals surface area contributed by atoms with Crippen LogP contribution in [0.2, 0.25) is 0 Å². The smallest absolute Gasteiger partial charge is 0.419 e. The average Bonchev–Trinajstić information content (AvgIpc) is 2.88. The van der Waals surface area contributed by atoms with Crippen molar-refractivity contribution in [2.75, 3.05) is 0 Å². The van der Waals surface area contributed by atoms with E-state index in [1.54, 1.807) is 12.1 Å². The van der Waals surface area contributed by atoms with Gasteiger partial charge in [0.25, 0.3) is 0 Å². The second kappa shape index (κ2) is 12.0. The fourth-order valence-corrected chi connectivity index (χ4v) is 6.88. The van der Waals surface area contributed by atoms with E-state index < -0.39 is 11.9 Å². The van der Waals surface area contributed by atoms with E-state index in [-0.39, 0.29) is 17.6 Å². The van der Waals surface area contributed by atoms with Gasteiger partial charge in [-0.2, -0.15) is 8.78 Å². The summed E-state index contributed by atoms with van der Waals surface area (Å²) in [6, 6.07) is 4.28. The van der Waals surface area contributed by atoms with E-state index in [0.717, 1.165) is 81.3 Å². The lowest BCUT2D eigenvalue weighted by atomic mass is 9.69. The lowest BCUT2D eigenvalue weighted by molar-refractivity contribution is -0.132. The number of alkyl halides is 2. The topological polar surface area (TPSA) is 9.23 Å². The van der Waals surface area contributed by atoms with E-state index in [2.05, 4.69) is 19.6 Å². The monoisotopic (exact) mass is 488 g/mol. The molecule has 3 saturated carbocycles. The Kier molecular flexibility index (Phi) is 9.05. The van der Waals surface area contributed by atoms with Gasteiger partial charge in [0.1, 0.15) is 11.6 Å². The first kappa shape index (κ1) is 26.4. The third-order valence-electron chi connectivity index (χ3n) is 9.29. The molecule has 1 nitrogen and oxygen atoms in total. The molecule has 0 aliphatic heterocycles. The summed E-state index contributed by atoms with van der Waals surface area (Å²) >= 11 is 0. The van der Waals surface area contributed by atoms with Crippen LogP contribution in [0.4, 0.5) is 13.2 Å². The number of benzene rings is 1. The molecule has 4 rings (SSSR count). The van der Waals surface area contributed by atoms with Crippen LogP contribution >= 0.6 is 0 Å². The van der Waals surface area contributed by atoms with E-state index in [1.807, 2.05) is 0 Å². The number of ether oxygens (including phenoxy) is 1. The van der Waals surface area contributed by atoms with Gasteiger partial charge < -0.3 is 4.74 Å². The van der Waals surface area contributed by atoms with Crippen molar-refractivity contribution in [3.8, 4) is 5.75 Å². The first-order valence-corrected chi connectivity index (χ1v) is 14.0. The van der Waals surface area contributed by atoms with Gasteiger partial charge in [-0.05, 0) is 124 Å². The van der Waals surface area contributed by atoms with Crippen LogP contribution in [0.15, 0.2) is 43.0 Å². The molecule has 0 bridgehead atoms. The molecule has 0 spiro atoms. The standard InChI is InChI=1S/C31H43F3O/c1-3-22-5-11-25(12-6-22)26-13-9-24(10-14-26)19-20-31(33,34)35-28-17-18-29(30(32)21-28)27-15-7-23(4-2)8-16-27/h3,17-27H,1,4-16H2,2H3. The second-order valence-electron chi connectivity index (χ2n) is 11.4. The molecular formula is C31H43F3O. The number of halogens is 3. The maximum Gasteiger partial charge on any atom is 0.419 e. The summed E-state index contributed by atoms with van der Waals surface area (Å²) in [6.45, 7) is 6.13. The third-order valence-corrected chi connectivity index (χ3v) is 9.29. The third kappa shape index (κ3) is 7.17. The van der Waals surface area contributed by atoms with Crippen LogP contribution in [-0.4, -0.2) is 6.11 Å². The molecule has 0 radical (unpaired) electrons. The number of rotatable bonds is 8. The summed E-state index contributed by atoms with van der Waals surface area (Å²) in [4.78, 5) is 0. The van der Waals surface area contributed by atoms with Crippen molar-refractivity contribution in [3.63, 3.8) is 0 Å². The predicted molar refractivity (Wildman–Crippen MR) is 137 cm³/mol. The Bertz CT molecular complexity index is 839. The molecule has 0 atom stereocenters. The molecule has 0 heterocycles. The van der Waals surface area contributed by atoms with Gasteiger partial charge in [0.15, 0.2) is 0 Å². The van der Waals surface area contributed by atoms with Crippen molar-refractivity contribution < 1.29 is 17.9 Å². The zero-order chi connectivity index (χ0) is 24.8. The van der Waals surface area contributed by atoms with Crippen molar-refractivity contribution in [2.24, 2.45) is 29.6 Å². The van der Waals surface area contributed by atoms with Crippen LogP contribution in [0, 0.1) is 35.4 Å². The minimum absolute atomic E-state index is 0.109. The molecule has 1 aromatic carbocycles. The second-order valence-corrected chi connectivity index (χ2v) is 11.4. The highest BCUT2D eigenvalue weighted by Crippen LogP contribution is 2.42. The van der Waals surface area contributed by atoms with Crippen molar-refractivity contribution in [2.45, 2.75) is 102 Å². The highest BCUT2D eigenvalue weighted by Gasteiger charge is 2.32. The lowest BCUT2D eigenvalue weighted by Crippen LogP contribution is -2.26.